The van der Waals surface area contributed by atoms with Crippen LogP contribution in [-0.4, -0.2) is 23.3 Å². The average molecular weight is 273 g/mol. The summed E-state index contributed by atoms with van der Waals surface area (Å²) < 4.78 is 40.3. The van der Waals surface area contributed by atoms with Crippen LogP contribution in [0.1, 0.15) is 16.2 Å². The second-order valence-corrected chi connectivity index (χ2v) is 3.04. The maximum Gasteiger partial charge on any atom is 0.436 e. The quantitative estimate of drug-likeness (QED) is 0.796. The molecular weight excluding hydrogens is 269 g/mol. The van der Waals surface area contributed by atoms with E-state index in [9.17, 15) is 18.0 Å². The Morgan fingerprint density at radius 3 is 2.50 bits per heavy atom. The van der Waals surface area contributed by atoms with E-state index in [-0.39, 0.29) is 5.69 Å². The molecule has 0 spiro atoms. The zero-order valence-corrected chi connectivity index (χ0v) is 8.36. The van der Waals surface area contributed by atoms with Crippen molar-refractivity contribution in [2.24, 2.45) is 0 Å². The van der Waals surface area contributed by atoms with E-state index < -0.39 is 22.3 Å². The number of nitrogens with one attached hydrogen (secondary N) is 1. The number of nitrogens with zero attached hydrogens (tertiary/aromatic N) is 1. The normalized spacial score (nSPS) is 11.5. The molecule has 0 aliphatic rings. The Hall–Kier alpha value is -1.05. The molecule has 14 heavy (non-hydrogen) atoms. The number of halogens is 4. The number of aromatic nitrogens is 2. The van der Waals surface area contributed by atoms with Crippen molar-refractivity contribution in [1.29, 1.82) is 0 Å². The van der Waals surface area contributed by atoms with Gasteiger partial charge in [-0.1, -0.05) is 0 Å². The van der Waals surface area contributed by atoms with E-state index in [0.29, 0.717) is 0 Å². The molecule has 1 aromatic rings. The molecule has 0 atom stereocenters. The predicted molar refractivity (Wildman–Crippen MR) is 42.6 cm³/mol. The largest absolute Gasteiger partial charge is 0.464 e. The molecule has 0 saturated carbocycles. The highest BCUT2D eigenvalue weighted by molar-refractivity contribution is 9.10. The number of hydrogen-bond donors (Lipinski definition) is 1. The second-order valence-electron chi connectivity index (χ2n) is 2.25. The molecule has 1 aromatic heterocycles. The number of rotatable bonds is 1. The Balaban J connectivity index is 3.15. The van der Waals surface area contributed by atoms with Crippen molar-refractivity contribution >= 4 is 21.9 Å². The van der Waals surface area contributed by atoms with Gasteiger partial charge in [0.1, 0.15) is 0 Å². The van der Waals surface area contributed by atoms with Crippen LogP contribution in [0.3, 0.4) is 0 Å². The van der Waals surface area contributed by atoms with Crippen LogP contribution in [0.15, 0.2) is 4.47 Å². The molecule has 1 rings (SSSR count). The molecule has 0 amide bonds. The van der Waals surface area contributed by atoms with Gasteiger partial charge in [-0.2, -0.15) is 18.3 Å². The number of carbonyl (C=O) groups is 1. The molecule has 0 radical (unpaired) electrons. The first-order chi connectivity index (χ1) is 6.38. The minimum atomic E-state index is -4.61. The smallest absolute Gasteiger partial charge is 0.436 e. The highest BCUT2D eigenvalue weighted by Crippen LogP contribution is 2.34. The van der Waals surface area contributed by atoms with Gasteiger partial charge >= 0.3 is 12.1 Å². The van der Waals surface area contributed by atoms with Crippen molar-refractivity contribution in [3.05, 3.63) is 15.9 Å². The first-order valence-corrected chi connectivity index (χ1v) is 4.06. The van der Waals surface area contributed by atoms with E-state index in [2.05, 4.69) is 25.8 Å². The minimum Gasteiger partial charge on any atom is -0.464 e. The van der Waals surface area contributed by atoms with Gasteiger partial charge in [0.25, 0.3) is 0 Å². The van der Waals surface area contributed by atoms with Crippen molar-refractivity contribution < 1.29 is 22.7 Å². The zero-order chi connectivity index (χ0) is 10.9. The number of H-pyrrole nitrogens is 1. The summed E-state index contributed by atoms with van der Waals surface area (Å²) in [5, 5.41) is 4.90. The highest BCUT2D eigenvalue weighted by Gasteiger charge is 2.38. The summed E-state index contributed by atoms with van der Waals surface area (Å²) in [5.41, 5.74) is -1.54. The Kier molecular flexibility index (Phi) is 2.84. The van der Waals surface area contributed by atoms with Crippen molar-refractivity contribution in [2.75, 3.05) is 7.11 Å². The molecule has 1 N–H and O–H groups in total. The Morgan fingerprint density at radius 1 is 1.57 bits per heavy atom. The fourth-order valence-electron chi connectivity index (χ4n) is 0.754. The van der Waals surface area contributed by atoms with Crippen molar-refractivity contribution in [1.82, 2.24) is 10.2 Å². The SMILES string of the molecule is COC(=O)c1[nH]nc(C(F)(F)F)c1Br. The lowest BCUT2D eigenvalue weighted by atomic mass is 10.3. The minimum absolute atomic E-state index is 0.361. The van der Waals surface area contributed by atoms with Gasteiger partial charge in [-0.05, 0) is 15.9 Å². The molecule has 0 aliphatic carbocycles. The average Bonchev–Trinajstić information content (AvgIpc) is 2.45. The molecule has 0 saturated heterocycles. The molecule has 4 nitrogen and oxygen atoms in total. The van der Waals surface area contributed by atoms with E-state index >= 15 is 0 Å². The second kappa shape index (κ2) is 3.60. The Labute approximate surface area is 84.6 Å². The zero-order valence-electron chi connectivity index (χ0n) is 6.78. The highest BCUT2D eigenvalue weighted by atomic mass is 79.9. The van der Waals surface area contributed by atoms with Crippen LogP contribution in [0.5, 0.6) is 0 Å². The molecule has 8 heteroatoms. The summed E-state index contributed by atoms with van der Waals surface area (Å²) in [5.74, 6) is -0.917. The number of aromatic amines is 1. The van der Waals surface area contributed by atoms with E-state index in [1.807, 2.05) is 5.10 Å². The molecule has 0 fully saturated rings. The predicted octanol–water partition coefficient (Wildman–Crippen LogP) is 1.98. The summed E-state index contributed by atoms with van der Waals surface area (Å²) in [6.07, 6.45) is -4.61. The lowest BCUT2D eigenvalue weighted by Gasteiger charge is -2.01. The number of hydrogen-bond acceptors (Lipinski definition) is 3. The number of ether oxygens (including phenoxy) is 1. The maximum absolute atomic E-state index is 12.2. The van der Waals surface area contributed by atoms with Gasteiger partial charge in [0.05, 0.1) is 11.6 Å². The van der Waals surface area contributed by atoms with Crippen LogP contribution < -0.4 is 0 Å². The summed E-state index contributed by atoms with van der Waals surface area (Å²) in [6, 6.07) is 0. The topological polar surface area (TPSA) is 55.0 Å². The molecule has 0 bridgehead atoms. The summed E-state index contributed by atoms with van der Waals surface area (Å²) >= 11 is 2.61. The molecule has 1 heterocycles. The fourth-order valence-corrected chi connectivity index (χ4v) is 1.32. The fraction of sp³-hybridized carbons (Fsp3) is 0.333. The third-order valence-electron chi connectivity index (χ3n) is 1.36. The van der Waals surface area contributed by atoms with E-state index in [0.717, 1.165) is 7.11 Å². The molecule has 78 valence electrons. The summed E-state index contributed by atoms with van der Waals surface area (Å²) in [6.45, 7) is 0. The maximum atomic E-state index is 12.2. The van der Waals surface area contributed by atoms with E-state index in [4.69, 9.17) is 0 Å². The van der Waals surface area contributed by atoms with E-state index in [1.165, 1.54) is 0 Å². The number of methoxy groups -OCH3 is 1. The third-order valence-corrected chi connectivity index (χ3v) is 2.14. The first-order valence-electron chi connectivity index (χ1n) is 3.27. The van der Waals surface area contributed by atoms with Gasteiger partial charge in [-0.15, -0.1) is 0 Å². The standard InChI is InChI=1S/C6H4BrF3N2O2/c1-14-5(13)3-2(7)4(12-11-3)6(8,9)10/h1H3,(H,11,12). The van der Waals surface area contributed by atoms with Crippen LogP contribution in [0.2, 0.25) is 0 Å². The van der Waals surface area contributed by atoms with Crippen LogP contribution in [-0.2, 0) is 10.9 Å². The number of carbonyl (C=O) groups excluding carboxylic acids is 1. The van der Waals surface area contributed by atoms with Gasteiger partial charge in [0, 0.05) is 0 Å². The van der Waals surface area contributed by atoms with Gasteiger partial charge in [-0.3, -0.25) is 5.10 Å². The van der Waals surface area contributed by atoms with Crippen LogP contribution >= 0.6 is 15.9 Å². The van der Waals surface area contributed by atoms with Gasteiger partial charge in [0.15, 0.2) is 11.4 Å². The van der Waals surface area contributed by atoms with Gasteiger partial charge in [0.2, 0.25) is 0 Å². The van der Waals surface area contributed by atoms with Crippen LogP contribution in [0, 0.1) is 0 Å². The Bertz CT molecular complexity index is 360. The molecule has 0 unspecified atom stereocenters. The molecule has 0 aromatic carbocycles. The summed E-state index contributed by atoms with van der Waals surface area (Å²) in [4.78, 5) is 10.9. The van der Waals surface area contributed by atoms with Crippen LogP contribution in [0.4, 0.5) is 13.2 Å². The molecule has 0 aliphatic heterocycles. The lowest BCUT2D eigenvalue weighted by Crippen LogP contribution is -2.07. The first kappa shape index (κ1) is 11.0. The van der Waals surface area contributed by atoms with Crippen molar-refractivity contribution in [3.63, 3.8) is 0 Å². The lowest BCUT2D eigenvalue weighted by molar-refractivity contribution is -0.141. The third kappa shape index (κ3) is 1.89. The summed E-state index contributed by atoms with van der Waals surface area (Å²) in [7, 11) is 1.06. The van der Waals surface area contributed by atoms with Crippen LogP contribution in [0.25, 0.3) is 0 Å². The Morgan fingerprint density at radius 2 is 2.14 bits per heavy atom. The van der Waals surface area contributed by atoms with Gasteiger partial charge in [-0.25, -0.2) is 4.79 Å². The van der Waals surface area contributed by atoms with Gasteiger partial charge < -0.3 is 4.74 Å². The molecular formula is C6H4BrF3N2O2. The van der Waals surface area contributed by atoms with E-state index in [1.54, 1.807) is 0 Å². The van der Waals surface area contributed by atoms with Crippen molar-refractivity contribution in [2.45, 2.75) is 6.18 Å². The number of esters is 1. The number of alkyl halides is 3. The monoisotopic (exact) mass is 272 g/mol. The van der Waals surface area contributed by atoms with Crippen molar-refractivity contribution in [3.8, 4) is 0 Å².